The van der Waals surface area contributed by atoms with Gasteiger partial charge in [0, 0.05) is 25.5 Å². The van der Waals surface area contributed by atoms with E-state index >= 15 is 0 Å². The number of imidazole rings is 1. The zero-order chi connectivity index (χ0) is 14.1. The van der Waals surface area contributed by atoms with Gasteiger partial charge in [-0.25, -0.2) is 4.98 Å². The van der Waals surface area contributed by atoms with Crippen LogP contribution in [0.25, 0.3) is 11.0 Å². The molecule has 2 unspecified atom stereocenters. The Hall–Kier alpha value is -0.770. The topological polar surface area (TPSA) is 27.1 Å². The Kier molecular flexibility index (Phi) is 4.20. The highest BCUT2D eigenvalue weighted by molar-refractivity contribution is 6.34. The molecule has 0 aliphatic heterocycles. The standard InChI is InChI=1S/C15H18Cl2N2O/c1-20-11-6-5-10(9-11)19-13-4-2-3-12(17)15(13)18-14(19)7-8-16/h2-4,10-11H,5-9H2,1H3. The lowest BCUT2D eigenvalue weighted by Gasteiger charge is -2.16. The minimum absolute atomic E-state index is 0.348. The molecule has 20 heavy (non-hydrogen) atoms. The average molecular weight is 313 g/mol. The quantitative estimate of drug-likeness (QED) is 0.791. The molecule has 1 aliphatic carbocycles. The van der Waals surface area contributed by atoms with Gasteiger partial charge in [-0.1, -0.05) is 17.7 Å². The van der Waals surface area contributed by atoms with E-state index in [1.54, 1.807) is 7.11 Å². The molecular weight excluding hydrogens is 295 g/mol. The van der Waals surface area contributed by atoms with Gasteiger partial charge >= 0.3 is 0 Å². The summed E-state index contributed by atoms with van der Waals surface area (Å²) in [5, 5.41) is 0.707. The van der Waals surface area contributed by atoms with Gasteiger partial charge in [0.1, 0.15) is 11.3 Å². The van der Waals surface area contributed by atoms with Gasteiger partial charge in [-0.3, -0.25) is 0 Å². The number of aryl methyl sites for hydroxylation is 1. The Morgan fingerprint density at radius 2 is 2.25 bits per heavy atom. The fraction of sp³-hybridized carbons (Fsp3) is 0.533. The molecule has 1 heterocycles. The molecule has 1 aromatic heterocycles. The lowest BCUT2D eigenvalue weighted by molar-refractivity contribution is 0.106. The number of nitrogens with zero attached hydrogens (tertiary/aromatic N) is 2. The molecule has 0 amide bonds. The Bertz CT molecular complexity index is 611. The van der Waals surface area contributed by atoms with Gasteiger partial charge < -0.3 is 9.30 Å². The van der Waals surface area contributed by atoms with E-state index in [0.717, 1.165) is 42.5 Å². The predicted octanol–water partition coefficient (Wildman–Crippen LogP) is 4.21. The predicted molar refractivity (Wildman–Crippen MR) is 82.9 cm³/mol. The molecule has 0 radical (unpaired) electrons. The van der Waals surface area contributed by atoms with Crippen molar-refractivity contribution in [2.45, 2.75) is 37.8 Å². The van der Waals surface area contributed by atoms with Gasteiger partial charge in [0.25, 0.3) is 0 Å². The Balaban J connectivity index is 2.07. The Morgan fingerprint density at radius 3 is 2.95 bits per heavy atom. The average Bonchev–Trinajstić information content (AvgIpc) is 3.03. The minimum Gasteiger partial charge on any atom is -0.381 e. The van der Waals surface area contributed by atoms with E-state index in [1.165, 1.54) is 0 Å². The van der Waals surface area contributed by atoms with Gasteiger partial charge in [-0.2, -0.15) is 0 Å². The third-order valence-electron chi connectivity index (χ3n) is 4.12. The van der Waals surface area contributed by atoms with Crippen LogP contribution in [0.4, 0.5) is 0 Å². The summed E-state index contributed by atoms with van der Waals surface area (Å²) in [6, 6.07) is 6.39. The lowest BCUT2D eigenvalue weighted by Crippen LogP contribution is -2.12. The van der Waals surface area contributed by atoms with Gasteiger partial charge in [0.05, 0.1) is 16.6 Å². The summed E-state index contributed by atoms with van der Waals surface area (Å²) < 4.78 is 7.81. The van der Waals surface area contributed by atoms with Crippen LogP contribution in [0.3, 0.4) is 0 Å². The fourth-order valence-corrected chi connectivity index (χ4v) is 3.55. The third-order valence-corrected chi connectivity index (χ3v) is 4.61. The monoisotopic (exact) mass is 312 g/mol. The highest BCUT2D eigenvalue weighted by Gasteiger charge is 2.28. The Labute approximate surface area is 128 Å². The van der Waals surface area contributed by atoms with Gasteiger partial charge in [0.15, 0.2) is 0 Å². The molecule has 1 aromatic carbocycles. The minimum atomic E-state index is 0.348. The zero-order valence-corrected chi connectivity index (χ0v) is 13.0. The highest BCUT2D eigenvalue weighted by Crippen LogP contribution is 2.36. The summed E-state index contributed by atoms with van der Waals surface area (Å²) in [6.07, 6.45) is 4.36. The van der Waals surface area contributed by atoms with Crippen molar-refractivity contribution in [2.75, 3.05) is 13.0 Å². The number of alkyl halides is 1. The fourth-order valence-electron chi connectivity index (χ4n) is 3.17. The summed E-state index contributed by atoms with van der Waals surface area (Å²) in [4.78, 5) is 4.70. The van der Waals surface area contributed by atoms with Crippen molar-refractivity contribution in [3.63, 3.8) is 0 Å². The molecule has 2 aromatic rings. The summed E-state index contributed by atoms with van der Waals surface area (Å²) >= 11 is 12.2. The number of rotatable bonds is 4. The lowest BCUT2D eigenvalue weighted by atomic mass is 10.2. The van der Waals surface area contributed by atoms with Gasteiger partial charge in [-0.05, 0) is 31.4 Å². The van der Waals surface area contributed by atoms with Crippen molar-refractivity contribution < 1.29 is 4.74 Å². The maximum atomic E-state index is 6.27. The van der Waals surface area contributed by atoms with Crippen LogP contribution in [-0.4, -0.2) is 28.6 Å². The van der Waals surface area contributed by atoms with E-state index in [1.807, 2.05) is 12.1 Å². The first kappa shape index (κ1) is 14.2. The second kappa shape index (κ2) is 5.92. The molecule has 5 heteroatoms. The molecule has 108 valence electrons. The zero-order valence-electron chi connectivity index (χ0n) is 11.5. The molecule has 0 N–H and O–H groups in total. The van der Waals surface area contributed by atoms with Crippen molar-refractivity contribution in [2.24, 2.45) is 0 Å². The maximum absolute atomic E-state index is 6.27. The first-order valence-electron chi connectivity index (χ1n) is 6.98. The van der Waals surface area contributed by atoms with E-state index in [0.29, 0.717) is 23.0 Å². The van der Waals surface area contributed by atoms with Crippen LogP contribution < -0.4 is 0 Å². The normalized spacial score (nSPS) is 22.8. The largest absolute Gasteiger partial charge is 0.381 e. The van der Waals surface area contributed by atoms with Gasteiger partial charge in [0.2, 0.25) is 0 Å². The number of hydrogen-bond donors (Lipinski definition) is 0. The SMILES string of the molecule is COC1CCC(n2c(CCCl)nc3c(Cl)cccc32)C1. The number of ether oxygens (including phenoxy) is 1. The van der Waals surface area contributed by atoms with E-state index in [4.69, 9.17) is 32.9 Å². The van der Waals surface area contributed by atoms with Crippen LogP contribution in [0.2, 0.25) is 5.02 Å². The van der Waals surface area contributed by atoms with Crippen LogP contribution >= 0.6 is 23.2 Å². The van der Waals surface area contributed by atoms with Crippen LogP contribution in [0.5, 0.6) is 0 Å². The van der Waals surface area contributed by atoms with Crippen LogP contribution in [0.15, 0.2) is 18.2 Å². The maximum Gasteiger partial charge on any atom is 0.111 e. The molecule has 1 saturated carbocycles. The Morgan fingerprint density at radius 1 is 1.40 bits per heavy atom. The van der Waals surface area contributed by atoms with Crippen LogP contribution in [-0.2, 0) is 11.2 Å². The number of methoxy groups -OCH3 is 1. The first-order valence-corrected chi connectivity index (χ1v) is 7.90. The molecule has 3 nitrogen and oxygen atoms in total. The van der Waals surface area contributed by atoms with Crippen molar-refractivity contribution >= 4 is 34.2 Å². The summed E-state index contributed by atoms with van der Waals surface area (Å²) in [5.41, 5.74) is 1.99. The molecule has 1 fully saturated rings. The van der Waals surface area contributed by atoms with Crippen LogP contribution in [0.1, 0.15) is 31.1 Å². The van der Waals surface area contributed by atoms with Crippen molar-refractivity contribution in [3.05, 3.63) is 29.0 Å². The van der Waals surface area contributed by atoms with E-state index in [-0.39, 0.29) is 0 Å². The summed E-state index contributed by atoms with van der Waals surface area (Å²) in [5.74, 6) is 1.60. The molecule has 1 aliphatic rings. The second-order valence-electron chi connectivity index (χ2n) is 5.27. The molecule has 2 atom stereocenters. The van der Waals surface area contributed by atoms with Crippen molar-refractivity contribution in [1.82, 2.24) is 9.55 Å². The molecule has 0 bridgehead atoms. The highest BCUT2D eigenvalue weighted by atomic mass is 35.5. The number of fused-ring (bicyclic) bond motifs is 1. The number of benzene rings is 1. The van der Waals surface area contributed by atoms with E-state index < -0.39 is 0 Å². The number of aromatic nitrogens is 2. The number of halogens is 2. The van der Waals surface area contributed by atoms with Gasteiger partial charge in [-0.15, -0.1) is 11.6 Å². The smallest absolute Gasteiger partial charge is 0.111 e. The van der Waals surface area contributed by atoms with Crippen LogP contribution in [0, 0.1) is 0 Å². The second-order valence-corrected chi connectivity index (χ2v) is 6.05. The van der Waals surface area contributed by atoms with Crippen molar-refractivity contribution in [1.29, 1.82) is 0 Å². The van der Waals surface area contributed by atoms with E-state index in [2.05, 4.69) is 10.6 Å². The third kappa shape index (κ3) is 2.43. The van der Waals surface area contributed by atoms with Crippen molar-refractivity contribution in [3.8, 4) is 0 Å². The molecule has 0 saturated heterocycles. The van der Waals surface area contributed by atoms with E-state index in [9.17, 15) is 0 Å². The first-order chi connectivity index (χ1) is 9.74. The number of hydrogen-bond acceptors (Lipinski definition) is 2. The molecule has 3 rings (SSSR count). The molecular formula is C15H18Cl2N2O. The number of para-hydroxylation sites is 1. The molecule has 0 spiro atoms. The summed E-state index contributed by atoms with van der Waals surface area (Å²) in [7, 11) is 1.79. The summed E-state index contributed by atoms with van der Waals surface area (Å²) in [6.45, 7) is 0.